The van der Waals surface area contributed by atoms with Gasteiger partial charge >= 0.3 is 5.97 Å². The smallest absolute Gasteiger partial charge is 0.310 e. The summed E-state index contributed by atoms with van der Waals surface area (Å²) >= 11 is 3.09. The summed E-state index contributed by atoms with van der Waals surface area (Å²) in [6.45, 7) is 0. The lowest BCUT2D eigenvalue weighted by atomic mass is 10.1. The zero-order valence-electron chi connectivity index (χ0n) is 7.51. The molecule has 76 valence electrons. The van der Waals surface area contributed by atoms with E-state index in [1.165, 1.54) is 19.2 Å². The predicted molar refractivity (Wildman–Crippen MR) is 54.2 cm³/mol. The number of methoxy groups -OCH3 is 1. The average molecular weight is 262 g/mol. The highest BCUT2D eigenvalue weighted by Gasteiger charge is 2.10. The normalized spacial score (nSPS) is 9.93. The fraction of sp³-hybridized carbons (Fsp3) is 0.222. The van der Waals surface area contributed by atoms with E-state index in [9.17, 15) is 9.18 Å². The maximum atomic E-state index is 12.9. The van der Waals surface area contributed by atoms with Crippen molar-refractivity contribution in [1.82, 2.24) is 0 Å². The lowest BCUT2D eigenvalue weighted by molar-refractivity contribution is -0.139. The molecule has 0 bridgehead atoms. The molecule has 0 spiro atoms. The highest BCUT2D eigenvalue weighted by atomic mass is 79.9. The van der Waals surface area contributed by atoms with Crippen molar-refractivity contribution in [3.63, 3.8) is 0 Å². The van der Waals surface area contributed by atoms with Crippen LogP contribution in [0.1, 0.15) is 5.56 Å². The second-order valence-electron chi connectivity index (χ2n) is 2.71. The van der Waals surface area contributed by atoms with Gasteiger partial charge in [-0.05, 0) is 33.6 Å². The van der Waals surface area contributed by atoms with Gasteiger partial charge in [0.1, 0.15) is 5.82 Å². The SMILES string of the molecule is COC(=O)Cc1cc(F)cc(Br)c1N. The molecule has 5 heteroatoms. The van der Waals surface area contributed by atoms with Crippen LogP contribution in [-0.4, -0.2) is 13.1 Å². The number of halogens is 2. The van der Waals surface area contributed by atoms with Gasteiger partial charge in [-0.15, -0.1) is 0 Å². The summed E-state index contributed by atoms with van der Waals surface area (Å²) in [7, 11) is 1.27. The first-order valence-corrected chi connectivity index (χ1v) is 4.64. The molecule has 1 aromatic rings. The zero-order chi connectivity index (χ0) is 10.7. The minimum Gasteiger partial charge on any atom is -0.469 e. The molecule has 0 saturated heterocycles. The Morgan fingerprint density at radius 1 is 1.64 bits per heavy atom. The van der Waals surface area contributed by atoms with Gasteiger partial charge in [0.05, 0.1) is 13.5 Å². The molecule has 0 saturated carbocycles. The van der Waals surface area contributed by atoms with Crippen LogP contribution in [0.5, 0.6) is 0 Å². The Morgan fingerprint density at radius 2 is 2.29 bits per heavy atom. The van der Waals surface area contributed by atoms with Crippen molar-refractivity contribution in [3.05, 3.63) is 28.0 Å². The van der Waals surface area contributed by atoms with Crippen LogP contribution >= 0.6 is 15.9 Å². The Morgan fingerprint density at radius 3 is 2.86 bits per heavy atom. The molecule has 0 fully saturated rings. The Balaban J connectivity index is 3.02. The number of nitrogen functional groups attached to an aromatic ring is 1. The molecular formula is C9H9BrFNO2. The number of rotatable bonds is 2. The first-order valence-electron chi connectivity index (χ1n) is 3.84. The summed E-state index contributed by atoms with van der Waals surface area (Å²) in [5, 5.41) is 0. The second-order valence-corrected chi connectivity index (χ2v) is 3.57. The molecule has 0 radical (unpaired) electrons. The van der Waals surface area contributed by atoms with Crippen molar-refractivity contribution in [1.29, 1.82) is 0 Å². The fourth-order valence-electron chi connectivity index (χ4n) is 1.01. The van der Waals surface area contributed by atoms with Crippen molar-refractivity contribution >= 4 is 27.6 Å². The molecule has 0 atom stereocenters. The van der Waals surface area contributed by atoms with Crippen LogP contribution in [0.25, 0.3) is 0 Å². The van der Waals surface area contributed by atoms with Crippen molar-refractivity contribution in [2.45, 2.75) is 6.42 Å². The largest absolute Gasteiger partial charge is 0.469 e. The highest BCUT2D eigenvalue weighted by Crippen LogP contribution is 2.25. The number of anilines is 1. The Bertz CT molecular complexity index is 368. The van der Waals surface area contributed by atoms with Gasteiger partial charge in [-0.1, -0.05) is 0 Å². The lowest BCUT2D eigenvalue weighted by Crippen LogP contribution is -2.07. The maximum absolute atomic E-state index is 12.9. The zero-order valence-corrected chi connectivity index (χ0v) is 9.10. The topological polar surface area (TPSA) is 52.3 Å². The molecule has 1 aromatic carbocycles. The molecule has 0 unspecified atom stereocenters. The highest BCUT2D eigenvalue weighted by molar-refractivity contribution is 9.10. The molecule has 0 amide bonds. The lowest BCUT2D eigenvalue weighted by Gasteiger charge is -2.06. The van der Waals surface area contributed by atoms with Gasteiger partial charge in [0, 0.05) is 10.2 Å². The third-order valence-electron chi connectivity index (χ3n) is 1.74. The van der Waals surface area contributed by atoms with E-state index >= 15 is 0 Å². The minimum atomic E-state index is -0.450. The van der Waals surface area contributed by atoms with Gasteiger partial charge in [0.15, 0.2) is 0 Å². The van der Waals surface area contributed by atoms with Crippen LogP contribution in [0.4, 0.5) is 10.1 Å². The number of hydrogen-bond acceptors (Lipinski definition) is 3. The van der Waals surface area contributed by atoms with Gasteiger partial charge in [-0.2, -0.15) is 0 Å². The number of carbonyl (C=O) groups is 1. The molecule has 0 heterocycles. The number of carbonyl (C=O) groups excluding carboxylic acids is 1. The fourth-order valence-corrected chi connectivity index (χ4v) is 1.49. The summed E-state index contributed by atoms with van der Waals surface area (Å²) in [5.41, 5.74) is 6.41. The quantitative estimate of drug-likeness (QED) is 0.654. The molecule has 1 rings (SSSR count). The molecule has 14 heavy (non-hydrogen) atoms. The van der Waals surface area contributed by atoms with Gasteiger partial charge < -0.3 is 10.5 Å². The van der Waals surface area contributed by atoms with E-state index in [1.54, 1.807) is 0 Å². The van der Waals surface area contributed by atoms with Crippen LogP contribution in [0.3, 0.4) is 0 Å². The van der Waals surface area contributed by atoms with Crippen LogP contribution in [0.2, 0.25) is 0 Å². The Hall–Kier alpha value is -1.10. The average Bonchev–Trinajstić information content (AvgIpc) is 2.13. The van der Waals surface area contributed by atoms with Crippen LogP contribution in [0, 0.1) is 5.82 Å². The first kappa shape index (κ1) is 11.0. The maximum Gasteiger partial charge on any atom is 0.310 e. The van der Waals surface area contributed by atoms with Crippen molar-refractivity contribution < 1.29 is 13.9 Å². The summed E-state index contributed by atoms with van der Waals surface area (Å²) in [6, 6.07) is 2.47. The molecule has 2 N–H and O–H groups in total. The number of ether oxygens (including phenoxy) is 1. The Labute approximate surface area is 89.2 Å². The van der Waals surface area contributed by atoms with E-state index in [2.05, 4.69) is 20.7 Å². The van der Waals surface area contributed by atoms with Crippen LogP contribution in [0.15, 0.2) is 16.6 Å². The number of nitrogens with two attached hydrogens (primary N) is 1. The van der Waals surface area contributed by atoms with Crippen molar-refractivity contribution in [2.24, 2.45) is 0 Å². The van der Waals surface area contributed by atoms with Crippen LogP contribution in [-0.2, 0) is 16.0 Å². The minimum absolute atomic E-state index is 0.0291. The van der Waals surface area contributed by atoms with Gasteiger partial charge in [0.25, 0.3) is 0 Å². The summed E-state index contributed by atoms with van der Waals surface area (Å²) in [4.78, 5) is 10.9. The molecular weight excluding hydrogens is 253 g/mol. The second kappa shape index (κ2) is 4.41. The summed E-state index contributed by atoms with van der Waals surface area (Å²) in [6.07, 6.45) is -0.0291. The van der Waals surface area contributed by atoms with E-state index in [1.807, 2.05) is 0 Å². The standard InChI is InChI=1S/C9H9BrFNO2/c1-14-8(13)3-5-2-6(11)4-7(10)9(5)12/h2,4H,3,12H2,1H3. The van der Waals surface area contributed by atoms with E-state index in [4.69, 9.17) is 5.73 Å². The third kappa shape index (κ3) is 2.45. The Kier molecular flexibility index (Phi) is 3.46. The molecule has 0 aliphatic carbocycles. The number of hydrogen-bond donors (Lipinski definition) is 1. The van der Waals surface area contributed by atoms with E-state index in [-0.39, 0.29) is 6.42 Å². The van der Waals surface area contributed by atoms with E-state index in [0.717, 1.165) is 0 Å². The molecule has 0 aliphatic rings. The number of esters is 1. The third-order valence-corrected chi connectivity index (χ3v) is 2.40. The predicted octanol–water partition coefficient (Wildman–Crippen LogP) is 1.89. The number of benzene rings is 1. The summed E-state index contributed by atoms with van der Waals surface area (Å²) < 4.78 is 17.8. The molecule has 0 aromatic heterocycles. The monoisotopic (exact) mass is 261 g/mol. The van der Waals surface area contributed by atoms with Gasteiger partial charge in [-0.25, -0.2) is 4.39 Å². The van der Waals surface area contributed by atoms with Crippen LogP contribution < -0.4 is 5.73 Å². The van der Waals surface area contributed by atoms with Gasteiger partial charge in [0.2, 0.25) is 0 Å². The van der Waals surface area contributed by atoms with Crippen molar-refractivity contribution in [3.8, 4) is 0 Å². The van der Waals surface area contributed by atoms with E-state index in [0.29, 0.717) is 15.7 Å². The summed E-state index contributed by atoms with van der Waals surface area (Å²) in [5.74, 6) is -0.890. The first-order chi connectivity index (χ1) is 6.54. The molecule has 3 nitrogen and oxygen atoms in total. The molecule has 0 aliphatic heterocycles. The van der Waals surface area contributed by atoms with Crippen molar-refractivity contribution in [2.75, 3.05) is 12.8 Å². The van der Waals surface area contributed by atoms with Gasteiger partial charge in [-0.3, -0.25) is 4.79 Å². The van der Waals surface area contributed by atoms with E-state index < -0.39 is 11.8 Å².